The lowest BCUT2D eigenvalue weighted by molar-refractivity contribution is 0.409. The van der Waals surface area contributed by atoms with E-state index in [1.165, 1.54) is 19.3 Å². The molecule has 1 aliphatic carbocycles. The second-order valence-electron chi connectivity index (χ2n) is 3.72. The minimum atomic E-state index is 0.0294. The topological polar surface area (TPSA) is 34.9 Å². The summed E-state index contributed by atoms with van der Waals surface area (Å²) in [4.78, 5) is 15.8. The maximum Gasteiger partial charge on any atom is 0.253 e. The first-order chi connectivity index (χ1) is 6.81. The van der Waals surface area contributed by atoms with Crippen molar-refractivity contribution in [1.82, 2.24) is 9.55 Å². The molecule has 0 saturated heterocycles. The first-order valence-corrected chi connectivity index (χ1v) is 4.98. The Morgan fingerprint density at radius 2 is 2.43 bits per heavy atom. The van der Waals surface area contributed by atoms with E-state index >= 15 is 0 Å². The molecule has 0 amide bonds. The lowest BCUT2D eigenvalue weighted by atomic mass is 9.83. The van der Waals surface area contributed by atoms with Crippen LogP contribution in [0, 0.1) is 0 Å². The molecule has 1 aliphatic rings. The maximum absolute atomic E-state index is 11.5. The van der Waals surface area contributed by atoms with Crippen molar-refractivity contribution >= 4 is 0 Å². The number of rotatable bonds is 3. The van der Waals surface area contributed by atoms with Crippen LogP contribution in [0.4, 0.5) is 0 Å². The van der Waals surface area contributed by atoms with Gasteiger partial charge in [0, 0.05) is 18.5 Å². The van der Waals surface area contributed by atoms with Gasteiger partial charge in [-0.05, 0) is 12.8 Å². The average Bonchev–Trinajstić information content (AvgIpc) is 2.07. The van der Waals surface area contributed by atoms with Gasteiger partial charge in [0.05, 0.1) is 12.0 Å². The summed E-state index contributed by atoms with van der Waals surface area (Å²) in [5, 5.41) is 0. The predicted molar refractivity (Wildman–Crippen MR) is 55.3 cm³/mol. The highest BCUT2D eigenvalue weighted by Crippen LogP contribution is 2.34. The molecule has 0 aromatic carbocycles. The lowest BCUT2D eigenvalue weighted by Crippen LogP contribution is -2.22. The number of nitrogens with zero attached hydrogens (tertiary/aromatic N) is 2. The van der Waals surface area contributed by atoms with Crippen LogP contribution in [0.1, 0.15) is 30.9 Å². The third-order valence-corrected chi connectivity index (χ3v) is 2.75. The fourth-order valence-electron chi connectivity index (χ4n) is 1.64. The van der Waals surface area contributed by atoms with Crippen LogP contribution in [0.15, 0.2) is 29.8 Å². The SMILES string of the molecule is C=CCn1cnc(C2CCC2)cc1=O. The molecule has 0 bridgehead atoms. The molecule has 3 heteroatoms. The van der Waals surface area contributed by atoms with Gasteiger partial charge in [0.25, 0.3) is 5.56 Å². The van der Waals surface area contributed by atoms with E-state index in [0.717, 1.165) is 5.69 Å². The van der Waals surface area contributed by atoms with Gasteiger partial charge in [-0.25, -0.2) is 4.98 Å². The summed E-state index contributed by atoms with van der Waals surface area (Å²) in [6, 6.07) is 1.66. The molecule has 0 atom stereocenters. The number of hydrogen-bond donors (Lipinski definition) is 0. The quantitative estimate of drug-likeness (QED) is 0.680. The highest BCUT2D eigenvalue weighted by Gasteiger charge is 2.21. The van der Waals surface area contributed by atoms with E-state index in [0.29, 0.717) is 12.5 Å². The lowest BCUT2D eigenvalue weighted by Gasteiger charge is -2.24. The Bertz CT molecular complexity index is 391. The minimum Gasteiger partial charge on any atom is -0.295 e. The third-order valence-electron chi connectivity index (χ3n) is 2.75. The number of hydrogen-bond acceptors (Lipinski definition) is 2. The van der Waals surface area contributed by atoms with Gasteiger partial charge in [-0.2, -0.15) is 0 Å². The zero-order valence-corrected chi connectivity index (χ0v) is 8.15. The molecule has 1 heterocycles. The van der Waals surface area contributed by atoms with Crippen LogP contribution >= 0.6 is 0 Å². The molecule has 0 unspecified atom stereocenters. The van der Waals surface area contributed by atoms with Crippen LogP contribution in [0.25, 0.3) is 0 Å². The summed E-state index contributed by atoms with van der Waals surface area (Å²) in [5.41, 5.74) is 0.989. The molecular formula is C11H14N2O. The zero-order valence-electron chi connectivity index (χ0n) is 8.15. The summed E-state index contributed by atoms with van der Waals surface area (Å²) in [6.45, 7) is 4.13. The van der Waals surface area contributed by atoms with Crippen LogP contribution in [0.2, 0.25) is 0 Å². The highest BCUT2D eigenvalue weighted by atomic mass is 16.1. The van der Waals surface area contributed by atoms with Crippen molar-refractivity contribution in [2.45, 2.75) is 31.7 Å². The van der Waals surface area contributed by atoms with Gasteiger partial charge in [-0.1, -0.05) is 12.5 Å². The van der Waals surface area contributed by atoms with Crippen molar-refractivity contribution in [2.75, 3.05) is 0 Å². The third kappa shape index (κ3) is 1.62. The average molecular weight is 190 g/mol. The first-order valence-electron chi connectivity index (χ1n) is 4.98. The van der Waals surface area contributed by atoms with Crippen molar-refractivity contribution < 1.29 is 0 Å². The van der Waals surface area contributed by atoms with Crippen LogP contribution in [0.5, 0.6) is 0 Å². The molecule has 1 aromatic heterocycles. The van der Waals surface area contributed by atoms with Crippen molar-refractivity contribution in [3.8, 4) is 0 Å². The molecule has 0 spiro atoms. The van der Waals surface area contributed by atoms with E-state index in [9.17, 15) is 4.79 Å². The van der Waals surface area contributed by atoms with Gasteiger partial charge < -0.3 is 0 Å². The Kier molecular flexibility index (Phi) is 2.48. The summed E-state index contributed by atoms with van der Waals surface area (Å²) >= 11 is 0. The van der Waals surface area contributed by atoms with E-state index < -0.39 is 0 Å². The summed E-state index contributed by atoms with van der Waals surface area (Å²) in [7, 11) is 0. The van der Waals surface area contributed by atoms with Crippen LogP contribution < -0.4 is 5.56 Å². The summed E-state index contributed by atoms with van der Waals surface area (Å²) in [6.07, 6.45) is 6.95. The summed E-state index contributed by atoms with van der Waals surface area (Å²) in [5.74, 6) is 0.529. The van der Waals surface area contributed by atoms with Crippen LogP contribution in [0.3, 0.4) is 0 Å². The first kappa shape index (κ1) is 9.19. The fourth-order valence-corrected chi connectivity index (χ4v) is 1.64. The molecule has 3 nitrogen and oxygen atoms in total. The van der Waals surface area contributed by atoms with Crippen LogP contribution in [-0.4, -0.2) is 9.55 Å². The van der Waals surface area contributed by atoms with Crippen molar-refractivity contribution in [3.05, 3.63) is 41.1 Å². The zero-order chi connectivity index (χ0) is 9.97. The predicted octanol–water partition coefficient (Wildman–Crippen LogP) is 1.70. The van der Waals surface area contributed by atoms with E-state index in [-0.39, 0.29) is 5.56 Å². The normalized spacial score (nSPS) is 16.3. The van der Waals surface area contributed by atoms with Gasteiger partial charge in [0.2, 0.25) is 0 Å². The molecule has 2 rings (SSSR count). The minimum absolute atomic E-state index is 0.0294. The standard InChI is InChI=1S/C11H14N2O/c1-2-6-13-8-12-10(7-11(13)14)9-4-3-5-9/h2,7-9H,1,3-6H2. The number of aromatic nitrogens is 2. The van der Waals surface area contributed by atoms with Gasteiger partial charge in [-0.3, -0.25) is 9.36 Å². The molecule has 1 fully saturated rings. The van der Waals surface area contributed by atoms with Gasteiger partial charge in [-0.15, -0.1) is 6.58 Å². The van der Waals surface area contributed by atoms with Gasteiger partial charge >= 0.3 is 0 Å². The van der Waals surface area contributed by atoms with Crippen molar-refractivity contribution in [1.29, 1.82) is 0 Å². The van der Waals surface area contributed by atoms with Gasteiger partial charge in [0.15, 0.2) is 0 Å². The maximum atomic E-state index is 11.5. The smallest absolute Gasteiger partial charge is 0.253 e. The molecule has 74 valence electrons. The van der Waals surface area contributed by atoms with Crippen molar-refractivity contribution in [2.24, 2.45) is 0 Å². The van der Waals surface area contributed by atoms with E-state index in [1.807, 2.05) is 0 Å². The Balaban J connectivity index is 2.25. The monoisotopic (exact) mass is 190 g/mol. The van der Waals surface area contributed by atoms with Gasteiger partial charge in [0.1, 0.15) is 0 Å². The Morgan fingerprint density at radius 1 is 1.64 bits per heavy atom. The molecule has 0 radical (unpaired) electrons. The molecule has 1 saturated carbocycles. The Hall–Kier alpha value is -1.38. The molecule has 1 aromatic rings. The molecule has 14 heavy (non-hydrogen) atoms. The van der Waals surface area contributed by atoms with Crippen LogP contribution in [-0.2, 0) is 6.54 Å². The van der Waals surface area contributed by atoms with E-state index in [1.54, 1.807) is 23.0 Å². The summed E-state index contributed by atoms with van der Waals surface area (Å²) < 4.78 is 1.56. The molecule has 0 N–H and O–H groups in total. The fraction of sp³-hybridized carbons (Fsp3) is 0.455. The molecular weight excluding hydrogens is 176 g/mol. The van der Waals surface area contributed by atoms with E-state index in [2.05, 4.69) is 11.6 Å². The van der Waals surface area contributed by atoms with Crippen molar-refractivity contribution in [3.63, 3.8) is 0 Å². The Labute approximate surface area is 83.1 Å². The van der Waals surface area contributed by atoms with E-state index in [4.69, 9.17) is 0 Å². The second kappa shape index (κ2) is 3.78. The highest BCUT2D eigenvalue weighted by molar-refractivity contribution is 5.09. The second-order valence-corrected chi connectivity index (χ2v) is 3.72. The number of allylic oxidation sites excluding steroid dienone is 1. The Morgan fingerprint density at radius 3 is 2.93 bits per heavy atom. The molecule has 0 aliphatic heterocycles. The largest absolute Gasteiger partial charge is 0.295 e.